The summed E-state index contributed by atoms with van der Waals surface area (Å²) in [5.41, 5.74) is -2.40. The first-order valence-electron chi connectivity index (χ1n) is 11.6. The second kappa shape index (κ2) is 7.33. The van der Waals surface area contributed by atoms with Crippen LogP contribution in [0, 0.1) is 33.5 Å². The zero-order valence-electron chi connectivity index (χ0n) is 19.5. The van der Waals surface area contributed by atoms with Crippen LogP contribution >= 0.6 is 0 Å². The molecule has 0 aromatic rings. The fourth-order valence-electron chi connectivity index (χ4n) is 7.38. The van der Waals surface area contributed by atoms with Crippen LogP contribution in [-0.4, -0.2) is 53.0 Å². The highest BCUT2D eigenvalue weighted by molar-refractivity contribution is 7.89. The maximum absolute atomic E-state index is 12.8. The van der Waals surface area contributed by atoms with Crippen molar-refractivity contribution in [3.05, 3.63) is 0 Å². The number of Topliss-reactive ketones (excluding diaryl/α,β-unsaturated/α-hetero) is 2. The molecule has 4 aliphatic rings. The van der Waals surface area contributed by atoms with Crippen molar-refractivity contribution >= 4 is 31.6 Å². The number of carbonyl (C=O) groups is 2. The van der Waals surface area contributed by atoms with E-state index in [0.29, 0.717) is 25.7 Å². The Kier molecular flexibility index (Phi) is 5.56. The molecular formula is C22H36N2O6S2. The molecule has 2 N–H and O–H groups in total. The molecule has 0 aromatic heterocycles. The van der Waals surface area contributed by atoms with Gasteiger partial charge in [0.1, 0.15) is 11.6 Å². The lowest BCUT2D eigenvalue weighted by Gasteiger charge is -2.36. The van der Waals surface area contributed by atoms with Gasteiger partial charge in [-0.15, -0.1) is 0 Å². The predicted molar refractivity (Wildman–Crippen MR) is 121 cm³/mol. The third kappa shape index (κ3) is 3.43. The molecule has 0 unspecified atom stereocenters. The van der Waals surface area contributed by atoms with Crippen LogP contribution in [0.4, 0.5) is 0 Å². The van der Waals surface area contributed by atoms with Crippen molar-refractivity contribution in [1.82, 2.24) is 9.44 Å². The Balaban J connectivity index is 1.33. The molecule has 0 aliphatic heterocycles. The summed E-state index contributed by atoms with van der Waals surface area (Å²) < 4.78 is 55.9. The Labute approximate surface area is 191 Å². The molecule has 4 fully saturated rings. The number of fused-ring (bicyclic) bond motifs is 4. The van der Waals surface area contributed by atoms with Gasteiger partial charge in [-0.1, -0.05) is 27.7 Å². The van der Waals surface area contributed by atoms with E-state index in [9.17, 15) is 26.4 Å². The van der Waals surface area contributed by atoms with Gasteiger partial charge in [0.15, 0.2) is 0 Å². The monoisotopic (exact) mass is 488 g/mol. The van der Waals surface area contributed by atoms with Gasteiger partial charge in [0.25, 0.3) is 0 Å². The molecular weight excluding hydrogens is 452 g/mol. The van der Waals surface area contributed by atoms with Gasteiger partial charge in [0, 0.05) is 36.8 Å². The summed E-state index contributed by atoms with van der Waals surface area (Å²) >= 11 is 0. The first-order chi connectivity index (χ1) is 14.6. The lowest BCUT2D eigenvalue weighted by atomic mass is 9.70. The molecule has 0 heterocycles. The lowest BCUT2D eigenvalue weighted by molar-refractivity contribution is -0.128. The van der Waals surface area contributed by atoms with Crippen LogP contribution in [0.5, 0.6) is 0 Å². The Morgan fingerprint density at radius 3 is 1.31 bits per heavy atom. The van der Waals surface area contributed by atoms with Crippen LogP contribution in [0.3, 0.4) is 0 Å². The summed E-state index contributed by atoms with van der Waals surface area (Å²) in [6.07, 6.45) is 3.80. The molecule has 32 heavy (non-hydrogen) atoms. The number of nitrogens with one attached hydrogen (secondary N) is 2. The van der Waals surface area contributed by atoms with Gasteiger partial charge in [0.2, 0.25) is 20.0 Å². The predicted octanol–water partition coefficient (Wildman–Crippen LogP) is 1.62. The Morgan fingerprint density at radius 1 is 0.719 bits per heavy atom. The van der Waals surface area contributed by atoms with Crippen LogP contribution in [0.1, 0.15) is 66.2 Å². The van der Waals surface area contributed by atoms with Crippen molar-refractivity contribution in [2.75, 3.05) is 24.6 Å². The van der Waals surface area contributed by atoms with Crippen LogP contribution in [0.25, 0.3) is 0 Å². The molecule has 0 aromatic carbocycles. The van der Waals surface area contributed by atoms with Crippen molar-refractivity contribution in [2.45, 2.75) is 66.2 Å². The molecule has 4 rings (SSSR count). The van der Waals surface area contributed by atoms with Crippen molar-refractivity contribution in [1.29, 1.82) is 0 Å². The molecule has 4 bridgehead atoms. The van der Waals surface area contributed by atoms with E-state index in [-0.39, 0.29) is 58.8 Å². The van der Waals surface area contributed by atoms with Gasteiger partial charge in [-0.2, -0.15) is 0 Å². The lowest BCUT2D eigenvalue weighted by Crippen LogP contribution is -2.48. The van der Waals surface area contributed by atoms with Gasteiger partial charge in [-0.25, -0.2) is 26.3 Å². The molecule has 4 aliphatic carbocycles. The molecule has 10 heteroatoms. The summed E-state index contributed by atoms with van der Waals surface area (Å²) in [7, 11) is -7.50. The second-order valence-electron chi connectivity index (χ2n) is 11.6. The Hall–Kier alpha value is -0.840. The zero-order chi connectivity index (χ0) is 23.8. The van der Waals surface area contributed by atoms with Gasteiger partial charge >= 0.3 is 0 Å². The summed E-state index contributed by atoms with van der Waals surface area (Å²) in [6.45, 7) is 7.75. The van der Waals surface area contributed by atoms with Gasteiger partial charge < -0.3 is 0 Å². The average Bonchev–Trinajstić information content (AvgIpc) is 3.17. The summed E-state index contributed by atoms with van der Waals surface area (Å²) in [5, 5.41) is 0. The maximum Gasteiger partial charge on any atom is 0.212 e. The van der Waals surface area contributed by atoms with Crippen molar-refractivity contribution in [2.24, 2.45) is 33.5 Å². The molecule has 182 valence electrons. The third-order valence-corrected chi connectivity index (χ3v) is 13.0. The topological polar surface area (TPSA) is 126 Å². The number of hydrogen-bond acceptors (Lipinski definition) is 6. The number of hydrogen-bond donors (Lipinski definition) is 2. The smallest absolute Gasteiger partial charge is 0.212 e. The minimum Gasteiger partial charge on any atom is -0.299 e. The molecule has 0 radical (unpaired) electrons. The normalized spacial score (nSPS) is 37.5. The quantitative estimate of drug-likeness (QED) is 0.475. The number of ketones is 2. The number of sulfonamides is 2. The van der Waals surface area contributed by atoms with Gasteiger partial charge in [-0.05, 0) is 48.3 Å². The minimum absolute atomic E-state index is 0.0304. The van der Waals surface area contributed by atoms with E-state index in [1.807, 2.05) is 27.7 Å². The summed E-state index contributed by atoms with van der Waals surface area (Å²) in [5.74, 6) is 0.0266. The number of rotatable bonds is 9. The molecule has 4 atom stereocenters. The third-order valence-electron chi connectivity index (χ3n) is 9.92. The first kappa shape index (κ1) is 24.3. The Bertz CT molecular complexity index is 964. The molecule has 0 amide bonds. The maximum atomic E-state index is 12.8. The zero-order valence-corrected chi connectivity index (χ0v) is 21.1. The van der Waals surface area contributed by atoms with E-state index in [1.165, 1.54) is 0 Å². The summed E-state index contributed by atoms with van der Waals surface area (Å²) in [6, 6.07) is 0. The van der Waals surface area contributed by atoms with Crippen LogP contribution in [0.2, 0.25) is 0 Å². The highest BCUT2D eigenvalue weighted by Crippen LogP contribution is 2.65. The van der Waals surface area contributed by atoms with E-state index in [2.05, 4.69) is 9.44 Å². The molecule has 0 saturated heterocycles. The summed E-state index contributed by atoms with van der Waals surface area (Å²) in [4.78, 5) is 25.2. The van der Waals surface area contributed by atoms with Crippen LogP contribution in [0.15, 0.2) is 0 Å². The van der Waals surface area contributed by atoms with Gasteiger partial charge in [-0.3, -0.25) is 9.59 Å². The van der Waals surface area contributed by atoms with Crippen LogP contribution in [-0.2, 0) is 29.6 Å². The van der Waals surface area contributed by atoms with E-state index in [0.717, 1.165) is 12.8 Å². The van der Waals surface area contributed by atoms with E-state index >= 15 is 0 Å². The SMILES string of the molecule is CC1(C)[C@@H]2CC[C@@]1(CS(=O)(=O)NCCNS(=O)(=O)C[C@]13CC[C@H](CC1=O)C3(C)C)C(=O)C2. The molecule has 4 saturated carbocycles. The van der Waals surface area contributed by atoms with E-state index in [1.54, 1.807) is 0 Å². The first-order valence-corrected chi connectivity index (χ1v) is 14.9. The van der Waals surface area contributed by atoms with Crippen molar-refractivity contribution < 1.29 is 26.4 Å². The Morgan fingerprint density at radius 2 is 1.06 bits per heavy atom. The molecule has 0 spiro atoms. The number of carbonyl (C=O) groups excluding carboxylic acids is 2. The van der Waals surface area contributed by atoms with E-state index in [4.69, 9.17) is 0 Å². The standard InChI is InChI=1S/C22H36N2O6S2/c1-19(2)15-5-7-21(19,17(25)11-15)13-31(27,28)23-9-10-24-32(29,30)14-22-8-6-16(12-18(22)26)20(22,3)4/h15-16,23-24H,5-14H2,1-4H3/t15-,16-,21-,22-/m1/s1. The average molecular weight is 489 g/mol. The highest BCUT2D eigenvalue weighted by atomic mass is 32.2. The fourth-order valence-corrected chi connectivity index (χ4v) is 11.1. The molecule has 8 nitrogen and oxygen atoms in total. The fraction of sp³-hybridized carbons (Fsp3) is 0.909. The van der Waals surface area contributed by atoms with Crippen LogP contribution < -0.4 is 9.44 Å². The highest BCUT2D eigenvalue weighted by Gasteiger charge is 2.66. The van der Waals surface area contributed by atoms with Gasteiger partial charge in [0.05, 0.1) is 11.5 Å². The van der Waals surface area contributed by atoms with Crippen molar-refractivity contribution in [3.63, 3.8) is 0 Å². The minimum atomic E-state index is -3.75. The van der Waals surface area contributed by atoms with E-state index < -0.39 is 30.9 Å². The largest absolute Gasteiger partial charge is 0.299 e. The van der Waals surface area contributed by atoms with Crippen molar-refractivity contribution in [3.8, 4) is 0 Å². The second-order valence-corrected chi connectivity index (χ2v) is 15.3.